The number of hydrogen-bond donors (Lipinski definition) is 2. The molecule has 0 saturated carbocycles. The van der Waals surface area contributed by atoms with Crippen molar-refractivity contribution in [2.45, 2.75) is 12.8 Å². The monoisotopic (exact) mass is 337 g/mol. The molecule has 0 aliphatic heterocycles. The molecule has 25 heavy (non-hydrogen) atoms. The number of hydrogen-bond acceptors (Lipinski definition) is 5. The highest BCUT2D eigenvalue weighted by Crippen LogP contribution is 2.12. The zero-order valence-electron chi connectivity index (χ0n) is 13.2. The molecular formula is C17H15N5O3. The number of imidazole rings is 1. The lowest BCUT2D eigenvalue weighted by Gasteiger charge is -1.98. The van der Waals surface area contributed by atoms with E-state index in [1.807, 2.05) is 24.3 Å². The van der Waals surface area contributed by atoms with E-state index >= 15 is 0 Å². The second-order valence-electron chi connectivity index (χ2n) is 5.34. The number of rotatable bonds is 6. The summed E-state index contributed by atoms with van der Waals surface area (Å²) in [6.07, 6.45) is 2.16. The maximum absolute atomic E-state index is 11.8. The van der Waals surface area contributed by atoms with E-state index in [-0.39, 0.29) is 18.0 Å². The number of fused-ring (bicyclic) bond motifs is 1. The third-order valence-electron chi connectivity index (χ3n) is 3.53. The number of aromatic nitrogens is 2. The largest absolute Gasteiger partial charge is 0.342 e. The van der Waals surface area contributed by atoms with Crippen LogP contribution in [0.1, 0.15) is 17.8 Å². The Kier molecular flexibility index (Phi) is 4.79. The Morgan fingerprint density at radius 2 is 2.00 bits per heavy atom. The van der Waals surface area contributed by atoms with Crippen LogP contribution in [0.3, 0.4) is 0 Å². The Morgan fingerprint density at radius 3 is 2.72 bits per heavy atom. The lowest BCUT2D eigenvalue weighted by atomic mass is 10.2. The SMILES string of the molecule is O=C(CCc1nc2ccccc2[nH]1)N/N=C/c1ccc([N+](=O)[O-])cc1. The molecule has 0 atom stereocenters. The van der Waals surface area contributed by atoms with Crippen LogP contribution in [0.25, 0.3) is 11.0 Å². The van der Waals surface area contributed by atoms with Gasteiger partial charge in [-0.15, -0.1) is 0 Å². The third kappa shape index (κ3) is 4.25. The molecule has 1 amide bonds. The van der Waals surface area contributed by atoms with Gasteiger partial charge in [-0.2, -0.15) is 5.10 Å². The highest BCUT2D eigenvalue weighted by atomic mass is 16.6. The number of H-pyrrole nitrogens is 1. The van der Waals surface area contributed by atoms with Crippen molar-refractivity contribution in [2.24, 2.45) is 5.10 Å². The number of carbonyl (C=O) groups is 1. The summed E-state index contributed by atoms with van der Waals surface area (Å²) < 4.78 is 0. The summed E-state index contributed by atoms with van der Waals surface area (Å²) in [6.45, 7) is 0. The number of aromatic amines is 1. The molecule has 126 valence electrons. The van der Waals surface area contributed by atoms with Gasteiger partial charge in [0.2, 0.25) is 5.91 Å². The van der Waals surface area contributed by atoms with Crippen molar-refractivity contribution in [3.63, 3.8) is 0 Å². The summed E-state index contributed by atoms with van der Waals surface area (Å²) in [7, 11) is 0. The van der Waals surface area contributed by atoms with Gasteiger partial charge in [-0.3, -0.25) is 14.9 Å². The number of non-ortho nitro benzene ring substituents is 1. The average Bonchev–Trinajstić information content (AvgIpc) is 3.03. The predicted octanol–water partition coefficient (Wildman–Crippen LogP) is 2.55. The average molecular weight is 337 g/mol. The van der Waals surface area contributed by atoms with E-state index in [0.29, 0.717) is 12.0 Å². The second-order valence-corrected chi connectivity index (χ2v) is 5.34. The molecule has 1 heterocycles. The van der Waals surface area contributed by atoms with E-state index in [4.69, 9.17) is 0 Å². The number of aryl methyl sites for hydroxylation is 1. The number of nitrogens with one attached hydrogen (secondary N) is 2. The Morgan fingerprint density at radius 1 is 1.24 bits per heavy atom. The quantitative estimate of drug-likeness (QED) is 0.409. The molecule has 8 nitrogen and oxygen atoms in total. The van der Waals surface area contributed by atoms with Gasteiger partial charge in [-0.05, 0) is 29.8 Å². The molecule has 0 saturated heterocycles. The minimum atomic E-state index is -0.471. The van der Waals surface area contributed by atoms with Crippen LogP contribution in [0.5, 0.6) is 0 Å². The number of nitrogens with zero attached hydrogens (tertiary/aromatic N) is 3. The summed E-state index contributed by atoms with van der Waals surface area (Å²) in [5, 5.41) is 14.4. The summed E-state index contributed by atoms with van der Waals surface area (Å²) in [6, 6.07) is 13.5. The number of carbonyl (C=O) groups excluding carboxylic acids is 1. The van der Waals surface area contributed by atoms with E-state index < -0.39 is 4.92 Å². The molecule has 0 aliphatic rings. The van der Waals surface area contributed by atoms with Crippen molar-refractivity contribution < 1.29 is 9.72 Å². The van der Waals surface area contributed by atoms with E-state index in [1.165, 1.54) is 18.3 Å². The third-order valence-corrected chi connectivity index (χ3v) is 3.53. The minimum Gasteiger partial charge on any atom is -0.342 e. The summed E-state index contributed by atoms with van der Waals surface area (Å²) in [4.78, 5) is 29.5. The van der Waals surface area contributed by atoms with Crippen LogP contribution in [0.2, 0.25) is 0 Å². The Labute approximate surface area is 142 Å². The fourth-order valence-corrected chi connectivity index (χ4v) is 2.27. The standard InChI is InChI=1S/C17H15N5O3/c23-17(10-9-16-19-14-3-1-2-4-15(14)20-16)21-18-11-12-5-7-13(8-6-12)22(24)25/h1-8,11H,9-10H2,(H,19,20)(H,21,23)/b18-11+. The van der Waals surface area contributed by atoms with Crippen molar-refractivity contribution in [1.29, 1.82) is 0 Å². The molecule has 0 aliphatic carbocycles. The molecule has 0 fully saturated rings. The molecule has 0 spiro atoms. The van der Waals surface area contributed by atoms with Gasteiger partial charge in [-0.25, -0.2) is 10.4 Å². The predicted molar refractivity (Wildman–Crippen MR) is 93.2 cm³/mol. The molecule has 0 bridgehead atoms. The lowest BCUT2D eigenvalue weighted by Crippen LogP contribution is -2.18. The van der Waals surface area contributed by atoms with Gasteiger partial charge in [0.1, 0.15) is 5.82 Å². The number of benzene rings is 2. The number of nitro benzene ring substituents is 1. The molecule has 0 unspecified atom stereocenters. The lowest BCUT2D eigenvalue weighted by molar-refractivity contribution is -0.384. The van der Waals surface area contributed by atoms with Gasteiger partial charge >= 0.3 is 0 Å². The van der Waals surface area contributed by atoms with Crippen molar-refractivity contribution in [1.82, 2.24) is 15.4 Å². The summed E-state index contributed by atoms with van der Waals surface area (Å²) in [5.74, 6) is 0.509. The van der Waals surface area contributed by atoms with Crippen LogP contribution in [0, 0.1) is 10.1 Å². The topological polar surface area (TPSA) is 113 Å². The molecule has 3 aromatic rings. The van der Waals surface area contributed by atoms with Crippen LogP contribution in [-0.4, -0.2) is 27.0 Å². The molecule has 2 N–H and O–H groups in total. The van der Waals surface area contributed by atoms with Gasteiger partial charge in [-0.1, -0.05) is 12.1 Å². The number of amides is 1. The first kappa shape index (κ1) is 16.3. The number of para-hydroxylation sites is 2. The van der Waals surface area contributed by atoms with Crippen molar-refractivity contribution in [3.05, 3.63) is 70.0 Å². The first-order valence-corrected chi connectivity index (χ1v) is 7.62. The Balaban J connectivity index is 1.49. The van der Waals surface area contributed by atoms with Crippen molar-refractivity contribution >= 4 is 28.8 Å². The highest BCUT2D eigenvalue weighted by Gasteiger charge is 2.06. The van der Waals surface area contributed by atoms with Crippen molar-refractivity contribution in [3.8, 4) is 0 Å². The van der Waals surface area contributed by atoms with Gasteiger partial charge in [0.05, 0.1) is 22.2 Å². The van der Waals surface area contributed by atoms with E-state index in [2.05, 4.69) is 20.5 Å². The molecule has 3 rings (SSSR count). The van der Waals surface area contributed by atoms with Gasteiger partial charge < -0.3 is 4.98 Å². The fourth-order valence-electron chi connectivity index (χ4n) is 2.27. The van der Waals surface area contributed by atoms with Crippen molar-refractivity contribution in [2.75, 3.05) is 0 Å². The Hall–Kier alpha value is -3.55. The molecule has 2 aromatic carbocycles. The van der Waals surface area contributed by atoms with Gasteiger partial charge in [0.25, 0.3) is 5.69 Å². The van der Waals surface area contributed by atoms with Crippen LogP contribution in [-0.2, 0) is 11.2 Å². The summed E-state index contributed by atoms with van der Waals surface area (Å²) >= 11 is 0. The fraction of sp³-hybridized carbons (Fsp3) is 0.118. The van der Waals surface area contributed by atoms with E-state index in [0.717, 1.165) is 16.9 Å². The molecule has 0 radical (unpaired) electrons. The van der Waals surface area contributed by atoms with Crippen LogP contribution in [0.15, 0.2) is 53.6 Å². The first-order chi connectivity index (χ1) is 12.1. The minimum absolute atomic E-state index is 0.00650. The van der Waals surface area contributed by atoms with Gasteiger partial charge in [0, 0.05) is 25.0 Å². The van der Waals surface area contributed by atoms with Crippen LogP contribution < -0.4 is 5.43 Å². The van der Waals surface area contributed by atoms with Crippen LogP contribution >= 0.6 is 0 Å². The maximum atomic E-state index is 11.8. The van der Waals surface area contributed by atoms with Gasteiger partial charge in [0.15, 0.2) is 0 Å². The zero-order chi connectivity index (χ0) is 17.6. The molecule has 8 heteroatoms. The van der Waals surface area contributed by atoms with Crippen LogP contribution in [0.4, 0.5) is 5.69 Å². The summed E-state index contributed by atoms with van der Waals surface area (Å²) in [5.41, 5.74) is 4.90. The highest BCUT2D eigenvalue weighted by molar-refractivity contribution is 5.82. The Bertz CT molecular complexity index is 898. The smallest absolute Gasteiger partial charge is 0.269 e. The second kappa shape index (κ2) is 7.35. The first-order valence-electron chi connectivity index (χ1n) is 7.62. The number of hydrazone groups is 1. The number of nitro groups is 1. The molecule has 1 aromatic heterocycles. The maximum Gasteiger partial charge on any atom is 0.269 e. The normalized spacial score (nSPS) is 11.0. The van der Waals surface area contributed by atoms with E-state index in [1.54, 1.807) is 12.1 Å². The zero-order valence-corrected chi connectivity index (χ0v) is 13.2. The van der Waals surface area contributed by atoms with E-state index in [9.17, 15) is 14.9 Å². The molecular weight excluding hydrogens is 322 g/mol.